The van der Waals surface area contributed by atoms with Crippen molar-refractivity contribution < 1.29 is 9.72 Å². The zero-order chi connectivity index (χ0) is 15.4. The highest BCUT2D eigenvalue weighted by Crippen LogP contribution is 2.27. The van der Waals surface area contributed by atoms with Crippen molar-refractivity contribution in [1.82, 2.24) is 4.98 Å². The van der Waals surface area contributed by atoms with Gasteiger partial charge in [0.05, 0.1) is 10.6 Å². The number of nitrogens with two attached hydrogens (primary N) is 1. The number of anilines is 2. The minimum absolute atomic E-state index is 0.126. The van der Waals surface area contributed by atoms with Gasteiger partial charge in [-0.15, -0.1) is 0 Å². The van der Waals surface area contributed by atoms with Gasteiger partial charge in [0.1, 0.15) is 11.5 Å². The Labute approximate surface area is 127 Å². The number of rotatable bonds is 4. The number of hydrogen-bond acceptors (Lipinski definition) is 6. The Kier molecular flexibility index (Phi) is 4.45. The van der Waals surface area contributed by atoms with Crippen LogP contribution >= 0.6 is 15.9 Å². The zero-order valence-electron chi connectivity index (χ0n) is 10.5. The molecule has 0 radical (unpaired) electrons. The number of nitro benzene ring substituents is 1. The first-order valence-electron chi connectivity index (χ1n) is 5.70. The van der Waals surface area contributed by atoms with Crippen LogP contribution < -0.4 is 16.6 Å². The van der Waals surface area contributed by atoms with Crippen LogP contribution in [-0.4, -0.2) is 15.8 Å². The van der Waals surface area contributed by atoms with E-state index < -0.39 is 10.8 Å². The van der Waals surface area contributed by atoms with Crippen LogP contribution in [0.15, 0.2) is 40.9 Å². The first-order chi connectivity index (χ1) is 10.0. The number of pyridine rings is 1. The fraction of sp³-hybridized carbons (Fsp3) is 0. The number of hydrazine groups is 1. The summed E-state index contributed by atoms with van der Waals surface area (Å²) in [7, 11) is 0. The SMILES string of the molecule is NNc1cccc(C(=O)Nc2cc([N+](=O)[O-])ccc2Br)n1. The molecule has 1 heterocycles. The predicted octanol–water partition coefficient (Wildman–Crippen LogP) is 2.29. The van der Waals surface area contributed by atoms with E-state index >= 15 is 0 Å². The number of amides is 1. The molecule has 0 fully saturated rings. The number of carbonyl (C=O) groups is 1. The molecule has 0 aliphatic rings. The van der Waals surface area contributed by atoms with Crippen molar-refractivity contribution in [2.45, 2.75) is 0 Å². The minimum atomic E-state index is -0.542. The molecule has 0 aliphatic carbocycles. The van der Waals surface area contributed by atoms with E-state index in [2.05, 4.69) is 31.7 Å². The lowest BCUT2D eigenvalue weighted by molar-refractivity contribution is -0.384. The summed E-state index contributed by atoms with van der Waals surface area (Å²) in [6.07, 6.45) is 0. The fourth-order valence-electron chi connectivity index (χ4n) is 1.55. The normalized spacial score (nSPS) is 10.0. The van der Waals surface area contributed by atoms with Gasteiger partial charge < -0.3 is 10.7 Å². The number of halogens is 1. The molecule has 9 heteroatoms. The molecule has 108 valence electrons. The van der Waals surface area contributed by atoms with E-state index in [1.54, 1.807) is 12.1 Å². The third-order valence-electron chi connectivity index (χ3n) is 2.54. The Hall–Kier alpha value is -2.52. The molecule has 0 spiro atoms. The van der Waals surface area contributed by atoms with Crippen molar-refractivity contribution in [2.75, 3.05) is 10.7 Å². The summed E-state index contributed by atoms with van der Waals surface area (Å²) in [6, 6.07) is 8.78. The molecule has 1 aromatic heterocycles. The molecule has 1 aromatic carbocycles. The lowest BCUT2D eigenvalue weighted by Crippen LogP contribution is -2.16. The molecule has 4 N–H and O–H groups in total. The largest absolute Gasteiger partial charge is 0.319 e. The van der Waals surface area contributed by atoms with Gasteiger partial charge in [-0.2, -0.15) is 0 Å². The van der Waals surface area contributed by atoms with Crippen molar-refractivity contribution in [3.8, 4) is 0 Å². The quantitative estimate of drug-likeness (QED) is 0.441. The summed E-state index contributed by atoms with van der Waals surface area (Å²) in [6.45, 7) is 0. The van der Waals surface area contributed by atoms with Crippen LogP contribution in [-0.2, 0) is 0 Å². The maximum absolute atomic E-state index is 12.1. The third kappa shape index (κ3) is 3.52. The van der Waals surface area contributed by atoms with E-state index in [1.165, 1.54) is 24.3 Å². The highest BCUT2D eigenvalue weighted by molar-refractivity contribution is 9.10. The molecule has 21 heavy (non-hydrogen) atoms. The average molecular weight is 352 g/mol. The van der Waals surface area contributed by atoms with Crippen LogP contribution in [0.2, 0.25) is 0 Å². The van der Waals surface area contributed by atoms with Gasteiger partial charge in [0.15, 0.2) is 0 Å². The number of aromatic nitrogens is 1. The van der Waals surface area contributed by atoms with Crippen molar-refractivity contribution in [3.05, 3.63) is 56.7 Å². The van der Waals surface area contributed by atoms with Crippen LogP contribution in [0.25, 0.3) is 0 Å². The van der Waals surface area contributed by atoms with Crippen LogP contribution in [0.4, 0.5) is 17.2 Å². The average Bonchev–Trinajstić information content (AvgIpc) is 2.49. The van der Waals surface area contributed by atoms with Crippen molar-refractivity contribution >= 4 is 39.0 Å². The smallest absolute Gasteiger partial charge is 0.274 e. The molecule has 0 saturated carbocycles. The first-order valence-corrected chi connectivity index (χ1v) is 6.49. The molecular weight excluding hydrogens is 342 g/mol. The second kappa shape index (κ2) is 6.29. The van der Waals surface area contributed by atoms with E-state index in [-0.39, 0.29) is 17.1 Å². The number of hydrogen-bond donors (Lipinski definition) is 3. The molecule has 1 amide bonds. The number of nitro groups is 1. The number of non-ortho nitro benzene ring substituents is 1. The Morgan fingerprint density at radius 2 is 2.10 bits per heavy atom. The summed E-state index contributed by atoms with van der Waals surface area (Å²) >= 11 is 3.22. The maximum Gasteiger partial charge on any atom is 0.274 e. The highest BCUT2D eigenvalue weighted by Gasteiger charge is 2.14. The Bertz CT molecular complexity index is 707. The van der Waals surface area contributed by atoms with Crippen molar-refractivity contribution in [3.63, 3.8) is 0 Å². The molecule has 0 aliphatic heterocycles. The fourth-order valence-corrected chi connectivity index (χ4v) is 1.90. The van der Waals surface area contributed by atoms with Gasteiger partial charge in [0.25, 0.3) is 11.6 Å². The summed E-state index contributed by atoms with van der Waals surface area (Å²) in [5.41, 5.74) is 2.61. The molecule has 0 saturated heterocycles. The summed E-state index contributed by atoms with van der Waals surface area (Å²) < 4.78 is 0.523. The zero-order valence-corrected chi connectivity index (χ0v) is 12.1. The number of benzene rings is 1. The van der Waals surface area contributed by atoms with E-state index in [9.17, 15) is 14.9 Å². The molecular formula is C12H10BrN5O3. The van der Waals surface area contributed by atoms with Crippen molar-refractivity contribution in [1.29, 1.82) is 0 Å². The Balaban J connectivity index is 2.26. The monoisotopic (exact) mass is 351 g/mol. The molecule has 0 atom stereocenters. The topological polar surface area (TPSA) is 123 Å². The molecule has 8 nitrogen and oxygen atoms in total. The van der Waals surface area contributed by atoms with Crippen LogP contribution in [0.5, 0.6) is 0 Å². The minimum Gasteiger partial charge on any atom is -0.319 e. The van der Waals surface area contributed by atoms with Crippen LogP contribution in [0.1, 0.15) is 10.5 Å². The maximum atomic E-state index is 12.1. The van der Waals surface area contributed by atoms with E-state index in [4.69, 9.17) is 5.84 Å². The second-order valence-corrected chi connectivity index (χ2v) is 4.78. The van der Waals surface area contributed by atoms with Crippen LogP contribution in [0, 0.1) is 10.1 Å². The molecule has 2 rings (SSSR count). The van der Waals surface area contributed by atoms with Gasteiger partial charge in [-0.3, -0.25) is 14.9 Å². The van der Waals surface area contributed by atoms with Gasteiger partial charge in [0, 0.05) is 16.6 Å². The number of nitrogen functional groups attached to an aromatic ring is 1. The standard InChI is InChI=1S/C12H10BrN5O3/c13-8-5-4-7(18(20)21)6-10(8)16-12(19)9-2-1-3-11(15-9)17-14/h1-6H,14H2,(H,15,17)(H,16,19). The van der Waals surface area contributed by atoms with Gasteiger partial charge in [0.2, 0.25) is 0 Å². The van der Waals surface area contributed by atoms with Gasteiger partial charge >= 0.3 is 0 Å². The predicted molar refractivity (Wildman–Crippen MR) is 80.8 cm³/mol. The van der Waals surface area contributed by atoms with E-state index in [0.29, 0.717) is 10.3 Å². The highest BCUT2D eigenvalue weighted by atomic mass is 79.9. The lowest BCUT2D eigenvalue weighted by atomic mass is 10.2. The van der Waals surface area contributed by atoms with Crippen molar-refractivity contribution in [2.24, 2.45) is 5.84 Å². The lowest BCUT2D eigenvalue weighted by Gasteiger charge is -2.07. The number of nitrogens with zero attached hydrogens (tertiary/aromatic N) is 2. The number of nitrogens with one attached hydrogen (secondary N) is 2. The van der Waals surface area contributed by atoms with E-state index in [1.807, 2.05) is 0 Å². The number of carbonyl (C=O) groups excluding carboxylic acids is 1. The second-order valence-electron chi connectivity index (χ2n) is 3.93. The van der Waals surface area contributed by atoms with Gasteiger partial charge in [-0.25, -0.2) is 10.8 Å². The molecule has 2 aromatic rings. The summed E-state index contributed by atoms with van der Waals surface area (Å²) in [5, 5.41) is 13.3. The third-order valence-corrected chi connectivity index (χ3v) is 3.23. The van der Waals surface area contributed by atoms with E-state index in [0.717, 1.165) is 0 Å². The Morgan fingerprint density at radius 1 is 1.33 bits per heavy atom. The van der Waals surface area contributed by atoms with Gasteiger partial charge in [-0.05, 0) is 34.1 Å². The summed E-state index contributed by atoms with van der Waals surface area (Å²) in [5.74, 6) is 5.05. The van der Waals surface area contributed by atoms with Crippen LogP contribution in [0.3, 0.4) is 0 Å². The first kappa shape index (κ1) is 14.9. The molecule has 0 unspecified atom stereocenters. The Morgan fingerprint density at radius 3 is 2.76 bits per heavy atom. The van der Waals surface area contributed by atoms with Gasteiger partial charge in [-0.1, -0.05) is 6.07 Å². The molecule has 0 bridgehead atoms. The summed E-state index contributed by atoms with van der Waals surface area (Å²) in [4.78, 5) is 26.3.